The summed E-state index contributed by atoms with van der Waals surface area (Å²) in [6.45, 7) is 14.3. The third-order valence-corrected chi connectivity index (χ3v) is 3.92. The number of aliphatic hydroxyl groups is 1. The van der Waals surface area contributed by atoms with Gasteiger partial charge < -0.3 is 10.4 Å². The molecule has 1 atom stereocenters. The predicted molar refractivity (Wildman–Crippen MR) is 84.3 cm³/mol. The Labute approximate surface area is 127 Å². The molecule has 5 heteroatoms. The van der Waals surface area contributed by atoms with Gasteiger partial charge in [0.25, 0.3) is 5.91 Å². The summed E-state index contributed by atoms with van der Waals surface area (Å²) < 4.78 is 1.84. The number of hydrogen-bond donors (Lipinski definition) is 2. The van der Waals surface area contributed by atoms with Crippen LogP contribution in [-0.2, 0) is 0 Å². The largest absolute Gasteiger partial charge is 0.392 e. The van der Waals surface area contributed by atoms with Crippen LogP contribution < -0.4 is 5.32 Å². The molecule has 1 aromatic heterocycles. The molecule has 1 aromatic rings. The highest BCUT2D eigenvalue weighted by molar-refractivity contribution is 5.95. The van der Waals surface area contributed by atoms with Gasteiger partial charge in [0.15, 0.2) is 0 Å². The van der Waals surface area contributed by atoms with Gasteiger partial charge >= 0.3 is 0 Å². The minimum Gasteiger partial charge on any atom is -0.392 e. The first-order valence-electron chi connectivity index (χ1n) is 7.58. The number of hydrogen-bond acceptors (Lipinski definition) is 3. The van der Waals surface area contributed by atoms with Crippen LogP contribution in [0.5, 0.6) is 0 Å². The molecule has 1 unspecified atom stereocenters. The van der Waals surface area contributed by atoms with Crippen LogP contribution in [0.3, 0.4) is 0 Å². The molecule has 0 bridgehead atoms. The Morgan fingerprint density at radius 1 is 1.38 bits per heavy atom. The Morgan fingerprint density at radius 2 is 1.95 bits per heavy atom. The van der Waals surface area contributed by atoms with Crippen molar-refractivity contribution in [2.45, 2.75) is 60.6 Å². The number of carbonyl (C=O) groups excluding carboxylic acids is 1. The van der Waals surface area contributed by atoms with E-state index in [0.29, 0.717) is 12.1 Å². The molecule has 0 aliphatic carbocycles. The fourth-order valence-electron chi connectivity index (χ4n) is 2.58. The number of aliphatic hydroxyl groups excluding tert-OH is 1. The molecule has 1 rings (SSSR count). The van der Waals surface area contributed by atoms with E-state index in [4.69, 9.17) is 0 Å². The van der Waals surface area contributed by atoms with Gasteiger partial charge in [0.2, 0.25) is 0 Å². The molecule has 1 heterocycles. The zero-order valence-electron chi connectivity index (χ0n) is 14.3. The van der Waals surface area contributed by atoms with Gasteiger partial charge in [0, 0.05) is 23.7 Å². The van der Waals surface area contributed by atoms with Crippen LogP contribution in [0.1, 0.15) is 63.6 Å². The van der Waals surface area contributed by atoms with Crippen molar-refractivity contribution in [3.63, 3.8) is 0 Å². The molecular formula is C16H29N3O2. The second kappa shape index (κ2) is 6.60. The Kier molecular flexibility index (Phi) is 5.56. The maximum atomic E-state index is 12.3. The molecule has 120 valence electrons. The summed E-state index contributed by atoms with van der Waals surface area (Å²) in [5, 5.41) is 17.4. The van der Waals surface area contributed by atoms with Crippen molar-refractivity contribution in [3.8, 4) is 0 Å². The van der Waals surface area contributed by atoms with E-state index in [0.717, 1.165) is 5.69 Å². The zero-order chi connectivity index (χ0) is 16.4. The summed E-state index contributed by atoms with van der Waals surface area (Å²) >= 11 is 0. The van der Waals surface area contributed by atoms with E-state index < -0.39 is 6.10 Å². The van der Waals surface area contributed by atoms with Crippen molar-refractivity contribution in [1.82, 2.24) is 15.1 Å². The number of amides is 1. The van der Waals surface area contributed by atoms with Gasteiger partial charge in [0.1, 0.15) is 0 Å². The van der Waals surface area contributed by atoms with Crippen LogP contribution in [0.15, 0.2) is 6.20 Å². The molecule has 0 saturated carbocycles. The van der Waals surface area contributed by atoms with Gasteiger partial charge in [-0.2, -0.15) is 5.10 Å². The van der Waals surface area contributed by atoms with E-state index in [-0.39, 0.29) is 23.3 Å². The molecule has 5 nitrogen and oxygen atoms in total. The highest BCUT2D eigenvalue weighted by Crippen LogP contribution is 2.25. The Hall–Kier alpha value is -1.36. The molecule has 0 aliphatic heterocycles. The van der Waals surface area contributed by atoms with Gasteiger partial charge in [-0.15, -0.1) is 0 Å². The predicted octanol–water partition coefficient (Wildman–Crippen LogP) is 2.55. The smallest absolute Gasteiger partial charge is 0.254 e. The number of rotatable bonds is 6. The van der Waals surface area contributed by atoms with E-state index in [1.165, 1.54) is 0 Å². The molecule has 0 spiro atoms. The highest BCUT2D eigenvalue weighted by atomic mass is 16.3. The van der Waals surface area contributed by atoms with Crippen molar-refractivity contribution in [2.24, 2.45) is 11.3 Å². The summed E-state index contributed by atoms with van der Waals surface area (Å²) in [5.74, 6) is 0.0192. The van der Waals surface area contributed by atoms with E-state index in [9.17, 15) is 9.90 Å². The second-order valence-corrected chi connectivity index (χ2v) is 7.04. The molecule has 2 N–H and O–H groups in total. The first-order chi connectivity index (χ1) is 9.58. The quantitative estimate of drug-likeness (QED) is 0.847. The average Bonchev–Trinajstić information content (AvgIpc) is 2.77. The number of nitrogens with one attached hydrogen (secondary N) is 1. The van der Waals surface area contributed by atoms with E-state index in [1.54, 1.807) is 6.20 Å². The average molecular weight is 295 g/mol. The highest BCUT2D eigenvalue weighted by Gasteiger charge is 2.31. The van der Waals surface area contributed by atoms with E-state index >= 15 is 0 Å². The number of carbonyl (C=O) groups is 1. The maximum Gasteiger partial charge on any atom is 0.254 e. The lowest BCUT2D eigenvalue weighted by atomic mass is 9.80. The Balaban J connectivity index is 2.75. The van der Waals surface area contributed by atoms with Crippen molar-refractivity contribution < 1.29 is 9.90 Å². The van der Waals surface area contributed by atoms with E-state index in [1.807, 2.05) is 53.1 Å². The summed E-state index contributed by atoms with van der Waals surface area (Å²) in [6.07, 6.45) is 1.15. The lowest BCUT2D eigenvalue weighted by molar-refractivity contribution is 0.0138. The third kappa shape index (κ3) is 4.06. The SMILES string of the molecule is Cc1c(C(=O)NCC(C)(C)C(O)C(C)C)cnn1C(C)C. The van der Waals surface area contributed by atoms with Crippen molar-refractivity contribution >= 4 is 5.91 Å². The number of aromatic nitrogens is 2. The molecule has 0 aromatic carbocycles. The minimum absolute atomic E-state index is 0.136. The normalized spacial score (nSPS) is 13.8. The van der Waals surface area contributed by atoms with Gasteiger partial charge in [0.05, 0.1) is 17.9 Å². The molecule has 1 amide bonds. The number of nitrogens with zero attached hydrogens (tertiary/aromatic N) is 2. The van der Waals surface area contributed by atoms with Gasteiger partial charge in [-0.3, -0.25) is 9.48 Å². The van der Waals surface area contributed by atoms with Gasteiger partial charge in [-0.05, 0) is 26.7 Å². The molecule has 0 fully saturated rings. The van der Waals surface area contributed by atoms with Gasteiger partial charge in [-0.25, -0.2) is 0 Å². The van der Waals surface area contributed by atoms with Crippen LogP contribution in [0.25, 0.3) is 0 Å². The summed E-state index contributed by atoms with van der Waals surface area (Å²) in [6, 6.07) is 0.228. The van der Waals surface area contributed by atoms with Crippen LogP contribution in [-0.4, -0.2) is 33.4 Å². The fraction of sp³-hybridized carbons (Fsp3) is 0.750. The molecular weight excluding hydrogens is 266 g/mol. The zero-order valence-corrected chi connectivity index (χ0v) is 14.3. The topological polar surface area (TPSA) is 67.2 Å². The Bertz CT molecular complexity index is 490. The standard InChI is InChI=1S/C16H29N3O2/c1-10(2)14(20)16(6,7)9-17-15(21)13-8-18-19(11(3)4)12(13)5/h8,10-11,14,20H,9H2,1-7H3,(H,17,21). The maximum absolute atomic E-state index is 12.3. The molecule has 0 radical (unpaired) electrons. The van der Waals surface area contributed by atoms with Crippen LogP contribution in [0, 0.1) is 18.3 Å². The first-order valence-corrected chi connectivity index (χ1v) is 7.58. The lowest BCUT2D eigenvalue weighted by Crippen LogP contribution is -2.43. The second-order valence-electron chi connectivity index (χ2n) is 7.04. The van der Waals surface area contributed by atoms with Crippen molar-refractivity contribution in [1.29, 1.82) is 0 Å². The van der Waals surface area contributed by atoms with Crippen molar-refractivity contribution in [3.05, 3.63) is 17.5 Å². The van der Waals surface area contributed by atoms with Crippen LogP contribution in [0.2, 0.25) is 0 Å². The lowest BCUT2D eigenvalue weighted by Gasteiger charge is -2.33. The summed E-state index contributed by atoms with van der Waals surface area (Å²) in [4.78, 5) is 12.3. The monoisotopic (exact) mass is 295 g/mol. The molecule has 0 saturated heterocycles. The fourth-order valence-corrected chi connectivity index (χ4v) is 2.58. The van der Waals surface area contributed by atoms with Gasteiger partial charge in [-0.1, -0.05) is 27.7 Å². The van der Waals surface area contributed by atoms with Crippen LogP contribution in [0.4, 0.5) is 0 Å². The molecule has 0 aliphatic rings. The minimum atomic E-state index is -0.461. The first kappa shape index (κ1) is 17.7. The molecule has 21 heavy (non-hydrogen) atoms. The third-order valence-electron chi connectivity index (χ3n) is 3.92. The van der Waals surface area contributed by atoms with Crippen LogP contribution >= 0.6 is 0 Å². The van der Waals surface area contributed by atoms with Crippen molar-refractivity contribution in [2.75, 3.05) is 6.54 Å². The summed E-state index contributed by atoms with van der Waals surface area (Å²) in [5.41, 5.74) is 1.09. The van der Waals surface area contributed by atoms with E-state index in [2.05, 4.69) is 10.4 Å². The Morgan fingerprint density at radius 3 is 2.38 bits per heavy atom. The summed E-state index contributed by atoms with van der Waals surface area (Å²) in [7, 11) is 0.